The van der Waals surface area contributed by atoms with Gasteiger partial charge in [0.15, 0.2) is 0 Å². The Morgan fingerprint density at radius 2 is 2.22 bits per heavy atom. The third-order valence-corrected chi connectivity index (χ3v) is 3.36. The van der Waals surface area contributed by atoms with E-state index in [1.54, 1.807) is 18.4 Å². The predicted molar refractivity (Wildman–Crippen MR) is 76.6 cm³/mol. The summed E-state index contributed by atoms with van der Waals surface area (Å²) >= 11 is 3.32. The second kappa shape index (κ2) is 7.38. The number of carbonyl (C=O) groups excluding carboxylic acids is 1. The molecule has 1 rings (SSSR count). The molecule has 0 spiro atoms. The Morgan fingerprint density at radius 1 is 1.50 bits per heavy atom. The van der Waals surface area contributed by atoms with E-state index in [0.717, 1.165) is 4.47 Å². The maximum atomic E-state index is 11.6. The lowest BCUT2D eigenvalue weighted by atomic mass is 10.3. The third kappa shape index (κ3) is 5.05. The molecule has 18 heavy (non-hydrogen) atoms. The van der Waals surface area contributed by atoms with Crippen molar-refractivity contribution < 1.29 is 13.7 Å². The maximum absolute atomic E-state index is 11.6. The van der Waals surface area contributed by atoms with E-state index in [2.05, 4.69) is 26.6 Å². The number of benzene rings is 1. The molecule has 1 aromatic carbocycles. The molecule has 1 atom stereocenters. The first-order valence-corrected chi connectivity index (χ1v) is 7.73. The van der Waals surface area contributed by atoms with Crippen molar-refractivity contribution >= 4 is 38.4 Å². The highest BCUT2D eigenvalue weighted by atomic mass is 79.9. The van der Waals surface area contributed by atoms with Gasteiger partial charge in [-0.05, 0) is 18.2 Å². The van der Waals surface area contributed by atoms with Crippen molar-refractivity contribution in [3.63, 3.8) is 0 Å². The van der Waals surface area contributed by atoms with Gasteiger partial charge in [0.25, 0.3) is 0 Å². The van der Waals surface area contributed by atoms with Gasteiger partial charge in [0.2, 0.25) is 0 Å². The Morgan fingerprint density at radius 3 is 2.83 bits per heavy atom. The van der Waals surface area contributed by atoms with Gasteiger partial charge in [-0.2, -0.15) is 0 Å². The highest BCUT2D eigenvalue weighted by Gasteiger charge is 2.07. The van der Waals surface area contributed by atoms with Crippen LogP contribution in [0.3, 0.4) is 0 Å². The number of hydrogen-bond donors (Lipinski definition) is 2. The minimum absolute atomic E-state index is 0.350. The molecule has 0 bridgehead atoms. The van der Waals surface area contributed by atoms with E-state index in [1.165, 1.54) is 7.11 Å². The molecule has 0 radical (unpaired) electrons. The number of rotatable bonds is 5. The highest BCUT2D eigenvalue weighted by molar-refractivity contribution is 9.10. The zero-order chi connectivity index (χ0) is 13.5. The Balaban J connectivity index is 2.58. The summed E-state index contributed by atoms with van der Waals surface area (Å²) in [5, 5.41) is 5.29. The Hall–Kier alpha value is -1.08. The van der Waals surface area contributed by atoms with Gasteiger partial charge >= 0.3 is 6.03 Å². The lowest BCUT2D eigenvalue weighted by Crippen LogP contribution is -2.31. The van der Waals surface area contributed by atoms with Crippen molar-refractivity contribution in [1.29, 1.82) is 0 Å². The SMILES string of the molecule is COc1ccc(Br)cc1NC(=O)NCC[S@@](C)=O. The van der Waals surface area contributed by atoms with Gasteiger partial charge in [-0.3, -0.25) is 4.21 Å². The summed E-state index contributed by atoms with van der Waals surface area (Å²) in [7, 11) is 0.621. The molecule has 0 unspecified atom stereocenters. The summed E-state index contributed by atoms with van der Waals surface area (Å²) in [6.07, 6.45) is 1.59. The second-order valence-electron chi connectivity index (χ2n) is 3.50. The molecule has 2 N–H and O–H groups in total. The van der Waals surface area contributed by atoms with E-state index in [0.29, 0.717) is 23.7 Å². The lowest BCUT2D eigenvalue weighted by molar-refractivity contribution is 0.252. The summed E-state index contributed by atoms with van der Waals surface area (Å²) in [4.78, 5) is 11.6. The molecule has 0 heterocycles. The molecular formula is C11H15BrN2O3S. The number of carbonyl (C=O) groups is 1. The summed E-state index contributed by atoms with van der Waals surface area (Å²) in [5.74, 6) is 1.01. The van der Waals surface area contributed by atoms with Crippen LogP contribution in [0.4, 0.5) is 10.5 Å². The molecule has 0 aliphatic carbocycles. The summed E-state index contributed by atoms with van der Waals surface area (Å²) in [6, 6.07) is 4.97. The van der Waals surface area contributed by atoms with Crippen LogP contribution in [0.2, 0.25) is 0 Å². The quantitative estimate of drug-likeness (QED) is 0.864. The number of halogens is 1. The number of methoxy groups -OCH3 is 1. The zero-order valence-electron chi connectivity index (χ0n) is 10.2. The minimum atomic E-state index is -0.913. The highest BCUT2D eigenvalue weighted by Crippen LogP contribution is 2.27. The van der Waals surface area contributed by atoms with E-state index in [1.807, 2.05) is 6.07 Å². The predicted octanol–water partition coefficient (Wildman–Crippen LogP) is 1.96. The van der Waals surface area contributed by atoms with Crippen LogP contribution in [0.1, 0.15) is 0 Å². The monoisotopic (exact) mass is 334 g/mol. The van der Waals surface area contributed by atoms with E-state index >= 15 is 0 Å². The van der Waals surface area contributed by atoms with Gasteiger partial charge in [-0.25, -0.2) is 4.79 Å². The number of urea groups is 1. The van der Waals surface area contributed by atoms with E-state index < -0.39 is 10.8 Å². The fourth-order valence-corrected chi connectivity index (χ4v) is 2.00. The molecule has 0 fully saturated rings. The normalized spacial score (nSPS) is 11.7. The average Bonchev–Trinajstić information content (AvgIpc) is 2.28. The Kier molecular flexibility index (Phi) is 6.14. The minimum Gasteiger partial charge on any atom is -0.495 e. The van der Waals surface area contributed by atoms with E-state index in [9.17, 15) is 9.00 Å². The number of nitrogens with one attached hydrogen (secondary N) is 2. The number of amides is 2. The topological polar surface area (TPSA) is 67.4 Å². The van der Waals surface area contributed by atoms with E-state index in [-0.39, 0.29) is 6.03 Å². The molecule has 0 aliphatic rings. The molecule has 5 nitrogen and oxygen atoms in total. The van der Waals surface area contributed by atoms with Crippen LogP contribution in [0.15, 0.2) is 22.7 Å². The van der Waals surface area contributed by atoms with Crippen LogP contribution < -0.4 is 15.4 Å². The maximum Gasteiger partial charge on any atom is 0.319 e. The van der Waals surface area contributed by atoms with Crippen LogP contribution in [0.5, 0.6) is 5.75 Å². The van der Waals surface area contributed by atoms with Crippen molar-refractivity contribution in [2.75, 3.05) is 31.0 Å². The molecule has 0 saturated heterocycles. The van der Waals surface area contributed by atoms with Gasteiger partial charge in [-0.1, -0.05) is 15.9 Å². The first-order chi connectivity index (χ1) is 8.52. The van der Waals surface area contributed by atoms with Crippen LogP contribution in [-0.4, -0.2) is 35.9 Å². The third-order valence-electron chi connectivity index (χ3n) is 2.08. The summed E-state index contributed by atoms with van der Waals surface area (Å²) in [6.45, 7) is 0.366. The smallest absolute Gasteiger partial charge is 0.319 e. The van der Waals surface area contributed by atoms with Gasteiger partial charge in [-0.15, -0.1) is 0 Å². The van der Waals surface area contributed by atoms with Crippen LogP contribution >= 0.6 is 15.9 Å². The van der Waals surface area contributed by atoms with Gasteiger partial charge in [0.05, 0.1) is 12.8 Å². The summed E-state index contributed by atoms with van der Waals surface area (Å²) in [5.41, 5.74) is 0.571. The van der Waals surface area contributed by atoms with Crippen molar-refractivity contribution in [3.05, 3.63) is 22.7 Å². The van der Waals surface area contributed by atoms with Gasteiger partial charge in [0.1, 0.15) is 5.75 Å². The number of ether oxygens (including phenoxy) is 1. The van der Waals surface area contributed by atoms with Crippen LogP contribution in [0, 0.1) is 0 Å². The molecule has 0 saturated carbocycles. The molecular weight excluding hydrogens is 320 g/mol. The van der Waals surface area contributed by atoms with Gasteiger partial charge < -0.3 is 15.4 Å². The average molecular weight is 335 g/mol. The van der Waals surface area contributed by atoms with Crippen molar-refractivity contribution in [3.8, 4) is 5.75 Å². The molecule has 1 aromatic rings. The first kappa shape index (κ1) is 15.0. The molecule has 100 valence electrons. The first-order valence-electron chi connectivity index (χ1n) is 5.21. The second-order valence-corrected chi connectivity index (χ2v) is 5.97. The fourth-order valence-electron chi connectivity index (χ4n) is 1.25. The lowest BCUT2D eigenvalue weighted by Gasteiger charge is -2.11. The van der Waals surface area contributed by atoms with Crippen LogP contribution in [0.25, 0.3) is 0 Å². The van der Waals surface area contributed by atoms with Crippen LogP contribution in [-0.2, 0) is 10.8 Å². The van der Waals surface area contributed by atoms with Crippen molar-refractivity contribution in [2.45, 2.75) is 0 Å². The standard InChI is InChI=1S/C11H15BrN2O3S/c1-17-10-4-3-8(12)7-9(10)14-11(15)13-5-6-18(2)16/h3-4,7H,5-6H2,1-2H3,(H2,13,14,15)/t18-/m1/s1. The molecule has 7 heteroatoms. The van der Waals surface area contributed by atoms with E-state index in [4.69, 9.17) is 4.74 Å². The molecule has 0 aromatic heterocycles. The largest absolute Gasteiger partial charge is 0.495 e. The molecule has 2 amide bonds. The van der Waals surface area contributed by atoms with Crippen molar-refractivity contribution in [1.82, 2.24) is 5.32 Å². The fraction of sp³-hybridized carbons (Fsp3) is 0.364. The summed E-state index contributed by atoms with van der Waals surface area (Å²) < 4.78 is 16.8. The Bertz CT molecular complexity index is 454. The Labute approximate surface area is 117 Å². The zero-order valence-corrected chi connectivity index (χ0v) is 12.6. The number of hydrogen-bond acceptors (Lipinski definition) is 3. The van der Waals surface area contributed by atoms with Gasteiger partial charge in [0, 0.05) is 33.8 Å². The molecule has 0 aliphatic heterocycles. The van der Waals surface area contributed by atoms with Crippen molar-refractivity contribution in [2.24, 2.45) is 0 Å². The number of anilines is 1.